The van der Waals surface area contributed by atoms with Gasteiger partial charge in [0, 0.05) is 37.6 Å². The van der Waals surface area contributed by atoms with Gasteiger partial charge in [0.1, 0.15) is 0 Å². The van der Waals surface area contributed by atoms with Crippen LogP contribution in [0.5, 0.6) is 0 Å². The summed E-state index contributed by atoms with van der Waals surface area (Å²) in [5.41, 5.74) is 9.14. The average molecular weight is 339 g/mol. The highest BCUT2D eigenvalue weighted by molar-refractivity contribution is 5.97. The fourth-order valence-electron chi connectivity index (χ4n) is 3.11. The third kappa shape index (κ3) is 4.05. The van der Waals surface area contributed by atoms with Gasteiger partial charge in [-0.3, -0.25) is 0 Å². The molecule has 5 nitrogen and oxygen atoms in total. The molecule has 2 N–H and O–H groups in total. The summed E-state index contributed by atoms with van der Waals surface area (Å²) in [6.07, 6.45) is -0.156. The van der Waals surface area contributed by atoms with Crippen molar-refractivity contribution < 1.29 is 9.53 Å². The first-order chi connectivity index (χ1) is 12.0. The zero-order valence-corrected chi connectivity index (χ0v) is 14.8. The summed E-state index contributed by atoms with van der Waals surface area (Å²) in [4.78, 5) is 17.0. The normalized spacial score (nSPS) is 14.7. The number of piperazine rings is 1. The highest BCUT2D eigenvalue weighted by Crippen LogP contribution is 2.26. The van der Waals surface area contributed by atoms with Crippen LogP contribution in [0.2, 0.25) is 0 Å². The van der Waals surface area contributed by atoms with Gasteiger partial charge in [-0.1, -0.05) is 18.2 Å². The number of hydrogen-bond acceptors (Lipinski definition) is 5. The van der Waals surface area contributed by atoms with Crippen LogP contribution >= 0.6 is 0 Å². The zero-order chi connectivity index (χ0) is 17.8. The summed E-state index contributed by atoms with van der Waals surface area (Å²) in [5, 5.41) is 0. The van der Waals surface area contributed by atoms with Crippen molar-refractivity contribution in [2.75, 3.05) is 41.7 Å². The van der Waals surface area contributed by atoms with Crippen molar-refractivity contribution in [1.82, 2.24) is 0 Å². The molecule has 1 aliphatic rings. The second kappa shape index (κ2) is 7.47. The zero-order valence-electron chi connectivity index (χ0n) is 14.8. The first-order valence-electron chi connectivity index (χ1n) is 8.70. The molecule has 0 amide bonds. The van der Waals surface area contributed by atoms with Crippen LogP contribution in [0, 0.1) is 0 Å². The smallest absolute Gasteiger partial charge is 0.340 e. The first-order valence-corrected chi connectivity index (χ1v) is 8.70. The van der Waals surface area contributed by atoms with Gasteiger partial charge in [0.2, 0.25) is 0 Å². The summed E-state index contributed by atoms with van der Waals surface area (Å²) in [5.74, 6) is -0.317. The van der Waals surface area contributed by atoms with E-state index in [1.807, 2.05) is 32.0 Å². The Morgan fingerprint density at radius 3 is 2.28 bits per heavy atom. The van der Waals surface area contributed by atoms with Gasteiger partial charge < -0.3 is 20.3 Å². The van der Waals surface area contributed by atoms with Crippen LogP contribution in [-0.2, 0) is 4.74 Å². The quantitative estimate of drug-likeness (QED) is 0.685. The number of rotatable bonds is 4. The van der Waals surface area contributed by atoms with E-state index in [-0.39, 0.29) is 12.1 Å². The highest BCUT2D eigenvalue weighted by Gasteiger charge is 2.23. The Balaban J connectivity index is 1.76. The first kappa shape index (κ1) is 17.1. The third-order valence-electron chi connectivity index (χ3n) is 4.32. The van der Waals surface area contributed by atoms with E-state index in [1.54, 1.807) is 6.07 Å². The molecule has 0 aliphatic carbocycles. The largest absolute Gasteiger partial charge is 0.459 e. The number of esters is 1. The van der Waals surface area contributed by atoms with Gasteiger partial charge in [-0.25, -0.2) is 4.79 Å². The number of nitrogens with zero attached hydrogens (tertiary/aromatic N) is 2. The molecule has 1 heterocycles. The lowest BCUT2D eigenvalue weighted by Gasteiger charge is -2.38. The van der Waals surface area contributed by atoms with E-state index >= 15 is 0 Å². The Morgan fingerprint density at radius 2 is 1.64 bits per heavy atom. The van der Waals surface area contributed by atoms with E-state index in [2.05, 4.69) is 34.1 Å². The third-order valence-corrected chi connectivity index (χ3v) is 4.32. The molecule has 3 rings (SSSR count). The van der Waals surface area contributed by atoms with Crippen molar-refractivity contribution in [1.29, 1.82) is 0 Å². The Kier molecular flexibility index (Phi) is 5.12. The van der Waals surface area contributed by atoms with Crippen molar-refractivity contribution in [3.63, 3.8) is 0 Å². The Hall–Kier alpha value is -2.69. The van der Waals surface area contributed by atoms with Gasteiger partial charge in [0.15, 0.2) is 0 Å². The van der Waals surface area contributed by atoms with Gasteiger partial charge in [-0.05, 0) is 44.2 Å². The molecule has 1 saturated heterocycles. The van der Waals surface area contributed by atoms with Crippen LogP contribution in [-0.4, -0.2) is 38.3 Å². The molecule has 0 unspecified atom stereocenters. The topological polar surface area (TPSA) is 58.8 Å². The average Bonchev–Trinajstić information content (AvgIpc) is 2.62. The monoisotopic (exact) mass is 339 g/mol. The maximum Gasteiger partial charge on any atom is 0.340 e. The molecule has 0 spiro atoms. The lowest BCUT2D eigenvalue weighted by atomic mass is 10.1. The molecule has 0 saturated carbocycles. The molecule has 0 atom stereocenters. The number of para-hydroxylation sites is 1. The van der Waals surface area contributed by atoms with Gasteiger partial charge in [-0.2, -0.15) is 0 Å². The molecule has 5 heteroatoms. The molecule has 2 aromatic carbocycles. The van der Waals surface area contributed by atoms with Crippen LogP contribution < -0.4 is 15.5 Å². The second-order valence-corrected chi connectivity index (χ2v) is 6.54. The van der Waals surface area contributed by atoms with E-state index in [9.17, 15) is 4.79 Å². The van der Waals surface area contributed by atoms with Crippen molar-refractivity contribution in [2.24, 2.45) is 0 Å². The van der Waals surface area contributed by atoms with E-state index in [0.717, 1.165) is 31.9 Å². The number of carbonyl (C=O) groups is 1. The van der Waals surface area contributed by atoms with E-state index < -0.39 is 0 Å². The number of benzene rings is 2. The van der Waals surface area contributed by atoms with Gasteiger partial charge in [0.25, 0.3) is 0 Å². The highest BCUT2D eigenvalue weighted by atomic mass is 16.5. The molecule has 1 fully saturated rings. The summed E-state index contributed by atoms with van der Waals surface area (Å²) in [6, 6.07) is 15.9. The predicted molar refractivity (Wildman–Crippen MR) is 102 cm³/mol. The molecule has 2 aromatic rings. The van der Waals surface area contributed by atoms with Crippen LogP contribution in [0.1, 0.15) is 24.2 Å². The Morgan fingerprint density at radius 1 is 1.00 bits per heavy atom. The molecule has 1 aliphatic heterocycles. The maximum absolute atomic E-state index is 12.4. The molecule has 132 valence electrons. The van der Waals surface area contributed by atoms with Gasteiger partial charge >= 0.3 is 5.97 Å². The van der Waals surface area contributed by atoms with Crippen LogP contribution in [0.4, 0.5) is 17.1 Å². The van der Waals surface area contributed by atoms with E-state index in [4.69, 9.17) is 10.5 Å². The molecule has 25 heavy (non-hydrogen) atoms. The number of nitrogen functional groups attached to an aromatic ring is 1. The summed E-state index contributed by atoms with van der Waals surface area (Å²) < 4.78 is 5.38. The minimum atomic E-state index is -0.317. The summed E-state index contributed by atoms with van der Waals surface area (Å²) in [7, 11) is 0. The fourth-order valence-corrected chi connectivity index (χ4v) is 3.11. The van der Waals surface area contributed by atoms with Crippen molar-refractivity contribution in [3.05, 3.63) is 54.1 Å². The predicted octanol–water partition coefficient (Wildman–Crippen LogP) is 3.16. The summed E-state index contributed by atoms with van der Waals surface area (Å²) >= 11 is 0. The number of carbonyl (C=O) groups excluding carboxylic acids is 1. The van der Waals surface area contributed by atoms with Gasteiger partial charge in [0.05, 0.1) is 17.4 Å². The molecule has 0 bridgehead atoms. The minimum absolute atomic E-state index is 0.156. The van der Waals surface area contributed by atoms with E-state index in [0.29, 0.717) is 11.3 Å². The molecule has 0 aromatic heterocycles. The molecular weight excluding hydrogens is 314 g/mol. The maximum atomic E-state index is 12.4. The van der Waals surface area contributed by atoms with E-state index in [1.165, 1.54) is 5.69 Å². The van der Waals surface area contributed by atoms with Crippen LogP contribution in [0.15, 0.2) is 48.5 Å². The lowest BCUT2D eigenvalue weighted by Crippen LogP contribution is -2.47. The van der Waals surface area contributed by atoms with Gasteiger partial charge in [-0.15, -0.1) is 0 Å². The number of nitrogens with two attached hydrogens (primary N) is 1. The SMILES string of the molecule is CC(C)OC(=O)c1cc(N)ccc1N1CCN(c2ccccc2)CC1. The number of hydrogen-bond donors (Lipinski definition) is 1. The Bertz CT molecular complexity index is 723. The fraction of sp³-hybridized carbons (Fsp3) is 0.350. The minimum Gasteiger partial charge on any atom is -0.459 e. The standard InChI is InChI=1S/C20H25N3O2/c1-15(2)25-20(24)18-14-16(21)8-9-19(18)23-12-10-22(11-13-23)17-6-4-3-5-7-17/h3-9,14-15H,10-13,21H2,1-2H3. The number of anilines is 3. The number of ether oxygens (including phenoxy) is 1. The van der Waals surface area contributed by atoms with Crippen molar-refractivity contribution >= 4 is 23.0 Å². The van der Waals surface area contributed by atoms with Crippen molar-refractivity contribution in [3.8, 4) is 0 Å². The lowest BCUT2D eigenvalue weighted by molar-refractivity contribution is 0.0378. The molecular formula is C20H25N3O2. The second-order valence-electron chi connectivity index (χ2n) is 6.54. The van der Waals surface area contributed by atoms with Crippen LogP contribution in [0.3, 0.4) is 0 Å². The molecule has 0 radical (unpaired) electrons. The Labute approximate surface area is 149 Å². The summed E-state index contributed by atoms with van der Waals surface area (Å²) in [6.45, 7) is 7.21. The van der Waals surface area contributed by atoms with Crippen LogP contribution in [0.25, 0.3) is 0 Å². The van der Waals surface area contributed by atoms with Crippen molar-refractivity contribution in [2.45, 2.75) is 20.0 Å².